The minimum Gasteiger partial charge on any atom is -0.508 e. The lowest BCUT2D eigenvalue weighted by Gasteiger charge is -1.82. The Morgan fingerprint density at radius 2 is 0.778 bits per heavy atom. The van der Waals surface area contributed by atoms with Crippen molar-refractivity contribution in [2.75, 3.05) is 0 Å². The smallest absolute Gasteiger partial charge is 0.508 e. The first-order valence-corrected chi connectivity index (χ1v) is 5.04. The van der Waals surface area contributed by atoms with Crippen molar-refractivity contribution in [1.82, 2.24) is 0 Å². The minimum atomic E-state index is -2.17. The summed E-state index contributed by atoms with van der Waals surface area (Å²) >= 11 is 0. The summed E-state index contributed by atoms with van der Waals surface area (Å²) in [6, 6.07) is 17.4. The molecule has 2 rings (SSSR count). The maximum atomic E-state index is 8.63. The van der Waals surface area contributed by atoms with Crippen molar-refractivity contribution < 1.29 is 25.3 Å². The average Bonchev–Trinajstić information content (AvgIpc) is 2.31. The molecule has 0 amide bonds. The van der Waals surface area contributed by atoms with Gasteiger partial charge in [0.15, 0.2) is 0 Å². The van der Waals surface area contributed by atoms with E-state index in [2.05, 4.69) is 0 Å². The lowest BCUT2D eigenvalue weighted by molar-refractivity contribution is 0.278. The van der Waals surface area contributed by atoms with Crippen molar-refractivity contribution in [1.29, 1.82) is 0 Å². The fourth-order valence-electron chi connectivity index (χ4n) is 0.856. The Kier molecular flexibility index (Phi) is 9.02. The highest BCUT2D eigenvalue weighted by Crippen LogP contribution is 2.03. The largest absolute Gasteiger partial charge is 0.631 e. The molecule has 0 fully saturated rings. The summed E-state index contributed by atoms with van der Waals surface area (Å²) in [5.74, 6) is 0.644. The zero-order valence-corrected chi connectivity index (χ0v) is 9.59. The van der Waals surface area contributed by atoms with Crippen molar-refractivity contribution in [2.45, 2.75) is 0 Å². The molecule has 5 N–H and O–H groups in total. The highest BCUT2D eigenvalue weighted by Gasteiger charge is 1.92. The zero-order chi connectivity index (χ0) is 13.8. The molecular weight excluding hydrogens is 235 g/mol. The van der Waals surface area contributed by atoms with Crippen LogP contribution in [0, 0.1) is 0 Å². The Bertz CT molecular complexity index is 353. The number of hydrogen-bond donors (Lipinski definition) is 5. The number of phenolic OH excluding ortho intramolecular Hbond substituents is 2. The van der Waals surface area contributed by atoms with E-state index in [-0.39, 0.29) is 0 Å². The molecule has 2 aromatic rings. The van der Waals surface area contributed by atoms with E-state index in [1.54, 1.807) is 48.5 Å². The van der Waals surface area contributed by atoms with Crippen LogP contribution in [-0.4, -0.2) is 32.6 Å². The third-order valence-electron chi connectivity index (χ3n) is 1.51. The number of benzene rings is 2. The van der Waals surface area contributed by atoms with Gasteiger partial charge in [0.1, 0.15) is 11.5 Å². The number of hydrogen-bond acceptors (Lipinski definition) is 5. The summed E-state index contributed by atoms with van der Waals surface area (Å²) in [6.45, 7) is 0. The van der Waals surface area contributed by atoms with E-state index in [9.17, 15) is 0 Å². The predicted molar refractivity (Wildman–Crippen MR) is 68.6 cm³/mol. The molecule has 0 aromatic heterocycles. The van der Waals surface area contributed by atoms with E-state index < -0.39 is 7.32 Å². The van der Waals surface area contributed by atoms with Crippen LogP contribution in [0.25, 0.3) is 0 Å². The van der Waals surface area contributed by atoms with E-state index in [4.69, 9.17) is 25.3 Å². The normalized spacial score (nSPS) is 8.17. The van der Waals surface area contributed by atoms with E-state index in [0.29, 0.717) is 11.5 Å². The number of phenols is 2. The van der Waals surface area contributed by atoms with Gasteiger partial charge in [-0.1, -0.05) is 36.4 Å². The molecule has 5 nitrogen and oxygen atoms in total. The van der Waals surface area contributed by atoms with Crippen LogP contribution < -0.4 is 0 Å². The maximum Gasteiger partial charge on any atom is 0.631 e. The van der Waals surface area contributed by atoms with Crippen LogP contribution in [0.4, 0.5) is 0 Å². The summed E-state index contributed by atoms with van der Waals surface area (Å²) in [4.78, 5) is 0. The third-order valence-corrected chi connectivity index (χ3v) is 1.51. The second kappa shape index (κ2) is 10.2. The van der Waals surface area contributed by atoms with Crippen LogP contribution in [0.2, 0.25) is 0 Å². The second-order valence-electron chi connectivity index (χ2n) is 3.02. The Morgan fingerprint density at radius 1 is 0.556 bits per heavy atom. The topological polar surface area (TPSA) is 101 Å². The monoisotopic (exact) mass is 250 g/mol. The van der Waals surface area contributed by atoms with Gasteiger partial charge >= 0.3 is 7.32 Å². The molecule has 6 heteroatoms. The minimum absolute atomic E-state index is 0.322. The van der Waals surface area contributed by atoms with E-state index in [1.807, 2.05) is 12.1 Å². The first-order valence-electron chi connectivity index (χ1n) is 5.04. The van der Waals surface area contributed by atoms with Gasteiger partial charge in [0, 0.05) is 0 Å². The zero-order valence-electron chi connectivity index (χ0n) is 9.59. The van der Waals surface area contributed by atoms with Gasteiger partial charge in [-0.2, -0.15) is 0 Å². The van der Waals surface area contributed by atoms with Gasteiger partial charge in [0.2, 0.25) is 0 Å². The summed E-state index contributed by atoms with van der Waals surface area (Å²) in [5.41, 5.74) is 0. The third kappa shape index (κ3) is 12.1. The van der Waals surface area contributed by atoms with E-state index in [0.717, 1.165) is 0 Å². The highest BCUT2D eigenvalue weighted by atomic mass is 16.5. The molecule has 18 heavy (non-hydrogen) atoms. The Hall–Kier alpha value is -2.02. The second-order valence-corrected chi connectivity index (χ2v) is 3.02. The van der Waals surface area contributed by atoms with Crippen molar-refractivity contribution in [2.24, 2.45) is 0 Å². The van der Waals surface area contributed by atoms with Crippen LogP contribution in [0.1, 0.15) is 0 Å². The van der Waals surface area contributed by atoms with Gasteiger partial charge < -0.3 is 25.3 Å². The van der Waals surface area contributed by atoms with Gasteiger partial charge in [-0.25, -0.2) is 0 Å². The van der Waals surface area contributed by atoms with E-state index >= 15 is 0 Å². The fourth-order valence-corrected chi connectivity index (χ4v) is 0.856. The maximum absolute atomic E-state index is 8.63. The van der Waals surface area contributed by atoms with Gasteiger partial charge in [0.05, 0.1) is 0 Å². The number of aromatic hydroxyl groups is 2. The Balaban J connectivity index is 0.000000253. The Morgan fingerprint density at radius 3 is 0.889 bits per heavy atom. The molecule has 0 unspecified atom stereocenters. The van der Waals surface area contributed by atoms with Gasteiger partial charge in [-0.05, 0) is 24.3 Å². The molecule has 0 radical (unpaired) electrons. The van der Waals surface area contributed by atoms with Crippen LogP contribution in [-0.2, 0) is 0 Å². The number of para-hydroxylation sites is 2. The summed E-state index contributed by atoms with van der Waals surface area (Å²) < 4.78 is 0. The molecule has 0 heterocycles. The first-order chi connectivity index (χ1) is 8.52. The van der Waals surface area contributed by atoms with Crippen molar-refractivity contribution in [3.8, 4) is 11.5 Å². The molecule has 0 aliphatic heterocycles. The summed E-state index contributed by atoms with van der Waals surface area (Å²) in [6.07, 6.45) is 0. The standard InChI is InChI=1S/2C6H6O.BH3O3/c2*7-6-4-2-1-3-5-6;2-1(3)4/h2*1-5,7H;2-4H. The van der Waals surface area contributed by atoms with Crippen LogP contribution in [0.5, 0.6) is 11.5 Å². The van der Waals surface area contributed by atoms with Gasteiger partial charge in [0.25, 0.3) is 0 Å². The van der Waals surface area contributed by atoms with Crippen molar-refractivity contribution in [3.05, 3.63) is 60.7 Å². The molecule has 2 aromatic carbocycles. The van der Waals surface area contributed by atoms with Crippen LogP contribution in [0.15, 0.2) is 60.7 Å². The molecule has 0 saturated carbocycles. The molecule has 0 saturated heterocycles. The molecule has 0 bridgehead atoms. The molecular formula is C12H15BO5. The van der Waals surface area contributed by atoms with E-state index in [1.165, 1.54) is 0 Å². The van der Waals surface area contributed by atoms with Crippen LogP contribution in [0.3, 0.4) is 0 Å². The highest BCUT2D eigenvalue weighted by molar-refractivity contribution is 6.30. The lowest BCUT2D eigenvalue weighted by Crippen LogP contribution is -2.07. The van der Waals surface area contributed by atoms with Crippen molar-refractivity contribution in [3.63, 3.8) is 0 Å². The van der Waals surface area contributed by atoms with Crippen molar-refractivity contribution >= 4 is 7.32 Å². The Labute approximate surface area is 105 Å². The summed E-state index contributed by atoms with van der Waals surface area (Å²) in [5, 5.41) is 38.8. The first kappa shape index (κ1) is 16.0. The summed E-state index contributed by atoms with van der Waals surface area (Å²) in [7, 11) is -2.17. The molecule has 0 atom stereocenters. The average molecular weight is 250 g/mol. The fraction of sp³-hybridized carbons (Fsp3) is 0. The van der Waals surface area contributed by atoms with Gasteiger partial charge in [-0.15, -0.1) is 0 Å². The molecule has 0 aliphatic carbocycles. The lowest BCUT2D eigenvalue weighted by atomic mass is 10.3. The molecule has 0 spiro atoms. The number of rotatable bonds is 0. The van der Waals surface area contributed by atoms with Gasteiger partial charge in [-0.3, -0.25) is 0 Å². The predicted octanol–water partition coefficient (Wildman–Crippen LogP) is 0.733. The molecule has 96 valence electrons. The SMILES string of the molecule is OB(O)O.Oc1ccccc1.Oc1ccccc1. The quantitative estimate of drug-likeness (QED) is 0.444. The molecule has 0 aliphatic rings. The van der Waals surface area contributed by atoms with Crippen LogP contribution >= 0.6 is 0 Å².